The number of aryl methyl sites for hydroxylation is 1. The van der Waals surface area contributed by atoms with Crippen LogP contribution in [-0.2, 0) is 0 Å². The van der Waals surface area contributed by atoms with Crippen LogP contribution in [0.15, 0.2) is 6.07 Å². The normalized spacial score (nSPS) is 10.1. The Bertz CT molecular complexity index is 454. The van der Waals surface area contributed by atoms with E-state index in [9.17, 15) is 18.9 Å². The molecule has 0 saturated heterocycles. The lowest BCUT2D eigenvalue weighted by molar-refractivity contribution is -0.386. The molecule has 0 aliphatic heterocycles. The molecule has 1 rings (SSSR count). The molecule has 0 aliphatic rings. The van der Waals surface area contributed by atoms with E-state index in [0.717, 1.165) is 6.07 Å². The summed E-state index contributed by atoms with van der Waals surface area (Å²) in [6.07, 6.45) is -2.98. The van der Waals surface area contributed by atoms with Gasteiger partial charge in [-0.25, -0.2) is 13.8 Å². The third-order valence-corrected chi connectivity index (χ3v) is 1.76. The second kappa shape index (κ2) is 3.96. The minimum atomic E-state index is -2.98. The molecular formula is C8H5F2N3O2. The van der Waals surface area contributed by atoms with Crippen molar-refractivity contribution in [1.29, 1.82) is 5.26 Å². The Kier molecular flexibility index (Phi) is 2.90. The highest BCUT2D eigenvalue weighted by molar-refractivity contribution is 5.47. The second-order valence-electron chi connectivity index (χ2n) is 2.70. The Morgan fingerprint density at radius 2 is 2.27 bits per heavy atom. The van der Waals surface area contributed by atoms with E-state index in [0.29, 0.717) is 0 Å². The summed E-state index contributed by atoms with van der Waals surface area (Å²) in [6, 6.07) is 2.31. The van der Waals surface area contributed by atoms with E-state index in [1.165, 1.54) is 6.92 Å². The fourth-order valence-corrected chi connectivity index (χ4v) is 1.14. The van der Waals surface area contributed by atoms with Crippen LogP contribution in [-0.4, -0.2) is 9.91 Å². The molecule has 0 bridgehead atoms. The summed E-state index contributed by atoms with van der Waals surface area (Å²) in [6.45, 7) is 1.20. The molecule has 1 heterocycles. The van der Waals surface area contributed by atoms with Crippen LogP contribution in [0.1, 0.15) is 23.4 Å². The molecule has 5 nitrogen and oxygen atoms in total. The molecule has 0 aliphatic carbocycles. The lowest BCUT2D eigenvalue weighted by atomic mass is 10.1. The van der Waals surface area contributed by atoms with E-state index in [1.54, 1.807) is 6.07 Å². The van der Waals surface area contributed by atoms with Crippen LogP contribution in [0.4, 0.5) is 14.5 Å². The van der Waals surface area contributed by atoms with Crippen LogP contribution in [0.2, 0.25) is 0 Å². The summed E-state index contributed by atoms with van der Waals surface area (Å²) >= 11 is 0. The molecular weight excluding hydrogens is 208 g/mol. The van der Waals surface area contributed by atoms with Gasteiger partial charge in [0.1, 0.15) is 17.3 Å². The molecule has 78 valence electrons. The second-order valence-corrected chi connectivity index (χ2v) is 2.70. The average molecular weight is 213 g/mol. The fourth-order valence-electron chi connectivity index (χ4n) is 1.14. The summed E-state index contributed by atoms with van der Waals surface area (Å²) in [5.74, 6) is 0. The number of nitrogens with zero attached hydrogens (tertiary/aromatic N) is 3. The van der Waals surface area contributed by atoms with Gasteiger partial charge in [0.2, 0.25) is 0 Å². The van der Waals surface area contributed by atoms with E-state index in [1.807, 2.05) is 0 Å². The van der Waals surface area contributed by atoms with Crippen LogP contribution in [0.25, 0.3) is 0 Å². The first-order chi connectivity index (χ1) is 6.97. The van der Waals surface area contributed by atoms with Gasteiger partial charge in [0.15, 0.2) is 0 Å². The molecule has 0 amide bonds. The number of rotatable bonds is 2. The van der Waals surface area contributed by atoms with E-state index in [-0.39, 0.29) is 11.4 Å². The maximum absolute atomic E-state index is 12.5. The molecule has 0 unspecified atom stereocenters. The van der Waals surface area contributed by atoms with Crippen molar-refractivity contribution in [3.05, 3.63) is 33.1 Å². The first-order valence-corrected chi connectivity index (χ1v) is 3.81. The highest BCUT2D eigenvalue weighted by atomic mass is 19.3. The fraction of sp³-hybridized carbons (Fsp3) is 0.250. The number of hydrogen-bond donors (Lipinski definition) is 0. The zero-order valence-corrected chi connectivity index (χ0v) is 7.57. The van der Waals surface area contributed by atoms with E-state index in [4.69, 9.17) is 5.26 Å². The summed E-state index contributed by atoms with van der Waals surface area (Å²) in [5.41, 5.74) is -1.95. The number of pyridine rings is 1. The molecule has 15 heavy (non-hydrogen) atoms. The van der Waals surface area contributed by atoms with Crippen molar-refractivity contribution in [2.75, 3.05) is 0 Å². The molecule has 0 fully saturated rings. The van der Waals surface area contributed by atoms with Gasteiger partial charge in [-0.15, -0.1) is 0 Å². The lowest BCUT2D eigenvalue weighted by Gasteiger charge is -2.04. The largest absolute Gasteiger partial charge is 0.283 e. The zero-order chi connectivity index (χ0) is 11.6. The van der Waals surface area contributed by atoms with Gasteiger partial charge in [-0.3, -0.25) is 10.1 Å². The number of halogens is 2. The minimum absolute atomic E-state index is 0.198. The number of nitro groups is 1. The van der Waals surface area contributed by atoms with Crippen molar-refractivity contribution in [2.45, 2.75) is 13.3 Å². The Morgan fingerprint density at radius 1 is 1.67 bits per heavy atom. The van der Waals surface area contributed by atoms with E-state index >= 15 is 0 Å². The summed E-state index contributed by atoms with van der Waals surface area (Å²) in [7, 11) is 0. The van der Waals surface area contributed by atoms with E-state index in [2.05, 4.69) is 4.98 Å². The molecule has 0 atom stereocenters. The number of aromatic nitrogens is 1. The molecule has 1 aromatic heterocycles. The SMILES string of the molecule is Cc1nc(C#N)cc([N+](=O)[O-])c1C(F)F. The van der Waals surface area contributed by atoms with Gasteiger partial charge >= 0.3 is 0 Å². The molecule has 7 heteroatoms. The van der Waals surface area contributed by atoms with Crippen LogP contribution in [0.3, 0.4) is 0 Å². The van der Waals surface area contributed by atoms with Crippen molar-refractivity contribution < 1.29 is 13.7 Å². The van der Waals surface area contributed by atoms with Gasteiger partial charge in [-0.1, -0.05) is 0 Å². The van der Waals surface area contributed by atoms with Gasteiger partial charge in [0.05, 0.1) is 16.7 Å². The summed E-state index contributed by atoms with van der Waals surface area (Å²) in [4.78, 5) is 13.0. The van der Waals surface area contributed by atoms with Crippen molar-refractivity contribution in [3.8, 4) is 6.07 Å². The maximum Gasteiger partial charge on any atom is 0.283 e. The van der Waals surface area contributed by atoms with Crippen LogP contribution < -0.4 is 0 Å². The van der Waals surface area contributed by atoms with Crippen LogP contribution in [0.5, 0.6) is 0 Å². The van der Waals surface area contributed by atoms with Gasteiger partial charge < -0.3 is 0 Å². The van der Waals surface area contributed by atoms with Gasteiger partial charge in [0.25, 0.3) is 12.1 Å². The first kappa shape index (κ1) is 11.0. The van der Waals surface area contributed by atoms with Gasteiger partial charge in [-0.2, -0.15) is 5.26 Å². The zero-order valence-electron chi connectivity index (χ0n) is 7.57. The maximum atomic E-state index is 12.5. The first-order valence-electron chi connectivity index (χ1n) is 3.81. The molecule has 0 N–H and O–H groups in total. The quantitative estimate of drug-likeness (QED) is 0.556. The highest BCUT2D eigenvalue weighted by Crippen LogP contribution is 2.31. The minimum Gasteiger partial charge on any atom is -0.258 e. The standard InChI is InChI=1S/C8H5F2N3O2/c1-4-7(8(9)10)6(13(14)15)2-5(3-11)12-4/h2,8H,1H3. The lowest BCUT2D eigenvalue weighted by Crippen LogP contribution is -2.02. The molecule has 0 spiro atoms. The Balaban J connectivity index is 3.51. The Morgan fingerprint density at radius 3 is 2.67 bits per heavy atom. The monoisotopic (exact) mass is 213 g/mol. The molecule has 1 aromatic rings. The van der Waals surface area contributed by atoms with Gasteiger partial charge in [0, 0.05) is 0 Å². The highest BCUT2D eigenvalue weighted by Gasteiger charge is 2.25. The van der Waals surface area contributed by atoms with Crippen molar-refractivity contribution in [2.24, 2.45) is 0 Å². The average Bonchev–Trinajstić information content (AvgIpc) is 2.15. The molecule has 0 aromatic carbocycles. The summed E-state index contributed by atoms with van der Waals surface area (Å²) in [5, 5.41) is 19.0. The van der Waals surface area contributed by atoms with Crippen molar-refractivity contribution in [1.82, 2.24) is 4.98 Å². The predicted octanol–water partition coefficient (Wildman–Crippen LogP) is 2.11. The van der Waals surface area contributed by atoms with Gasteiger partial charge in [-0.05, 0) is 6.92 Å². The number of hydrogen-bond acceptors (Lipinski definition) is 4. The third kappa shape index (κ3) is 2.04. The van der Waals surface area contributed by atoms with Crippen LogP contribution in [0, 0.1) is 28.4 Å². The predicted molar refractivity (Wildman–Crippen MR) is 45.3 cm³/mol. The van der Waals surface area contributed by atoms with Crippen molar-refractivity contribution >= 4 is 5.69 Å². The Hall–Kier alpha value is -2.10. The van der Waals surface area contributed by atoms with Crippen LogP contribution >= 0.6 is 0 Å². The van der Waals surface area contributed by atoms with Crippen molar-refractivity contribution in [3.63, 3.8) is 0 Å². The third-order valence-electron chi connectivity index (χ3n) is 1.76. The Labute approximate surface area is 83.1 Å². The van der Waals surface area contributed by atoms with E-state index < -0.39 is 22.6 Å². The smallest absolute Gasteiger partial charge is 0.258 e. The molecule has 0 saturated carbocycles. The number of nitriles is 1. The topological polar surface area (TPSA) is 79.8 Å². The number of alkyl halides is 2. The summed E-state index contributed by atoms with van der Waals surface area (Å²) < 4.78 is 24.9. The molecule has 0 radical (unpaired) electrons.